The maximum absolute atomic E-state index is 13.2. The molecule has 0 radical (unpaired) electrons. The van der Waals surface area contributed by atoms with Crippen molar-refractivity contribution < 1.29 is 27.3 Å². The number of hydrogen-bond acceptors (Lipinski definition) is 8. The number of carbonyl (C=O) groups excluding carboxylic acids is 1. The highest BCUT2D eigenvalue weighted by Gasteiger charge is 2.28. The Morgan fingerprint density at radius 1 is 1.18 bits per heavy atom. The van der Waals surface area contributed by atoms with Gasteiger partial charge in [-0.3, -0.25) is 14.9 Å². The number of para-hydroxylation sites is 1. The number of ether oxygens (including phenoxy) is 1. The standard InChI is InChI=1S/C26H27N5O7S/c1-4-17(2)29-39(35,36)23-15-20(31(33)34)12-13-22(23)38-26-18(3)24(25(32)27-16-21-11-8-14-37-21)28-30(26)19-9-6-5-7-10-19/h5-15,17,29H,4,16H2,1-3H3,(H,27,32)/t17-/m0/s1. The number of amides is 1. The van der Waals surface area contributed by atoms with Crippen molar-refractivity contribution in [3.05, 3.63) is 94.1 Å². The molecule has 0 aliphatic rings. The number of hydrogen-bond donors (Lipinski definition) is 2. The van der Waals surface area contributed by atoms with Crippen LogP contribution in [0.4, 0.5) is 5.69 Å². The van der Waals surface area contributed by atoms with Gasteiger partial charge in [-0.2, -0.15) is 9.78 Å². The molecule has 4 rings (SSSR count). The highest BCUT2D eigenvalue weighted by molar-refractivity contribution is 7.89. The summed E-state index contributed by atoms with van der Waals surface area (Å²) in [7, 11) is -4.21. The lowest BCUT2D eigenvalue weighted by atomic mass is 10.2. The van der Waals surface area contributed by atoms with Gasteiger partial charge in [0.2, 0.25) is 15.9 Å². The molecule has 12 nitrogen and oxygen atoms in total. The van der Waals surface area contributed by atoms with Gasteiger partial charge < -0.3 is 14.5 Å². The zero-order valence-electron chi connectivity index (χ0n) is 21.5. The van der Waals surface area contributed by atoms with Crippen molar-refractivity contribution in [3.63, 3.8) is 0 Å². The number of nitrogens with one attached hydrogen (secondary N) is 2. The SMILES string of the molecule is CC[C@H](C)NS(=O)(=O)c1cc([N+](=O)[O-])ccc1Oc1c(C)c(C(=O)NCc2ccco2)nn1-c1ccccc1. The lowest BCUT2D eigenvalue weighted by molar-refractivity contribution is -0.385. The molecule has 0 saturated heterocycles. The van der Waals surface area contributed by atoms with E-state index in [1.54, 1.807) is 63.2 Å². The number of rotatable bonds is 11. The number of benzene rings is 2. The Morgan fingerprint density at radius 2 is 1.92 bits per heavy atom. The quantitative estimate of drug-likeness (QED) is 0.203. The third-order valence-electron chi connectivity index (χ3n) is 5.89. The maximum Gasteiger partial charge on any atom is 0.272 e. The molecule has 204 valence electrons. The molecular formula is C26H27N5O7S. The lowest BCUT2D eigenvalue weighted by Crippen LogP contribution is -2.32. The molecule has 2 aromatic heterocycles. The summed E-state index contributed by atoms with van der Waals surface area (Å²) < 4.78 is 41.7. The average Bonchev–Trinajstić information content (AvgIpc) is 3.56. The molecule has 0 aliphatic heterocycles. The van der Waals surface area contributed by atoms with Crippen molar-refractivity contribution in [2.45, 2.75) is 44.7 Å². The van der Waals surface area contributed by atoms with Crippen molar-refractivity contribution in [2.75, 3.05) is 0 Å². The minimum absolute atomic E-state index is 0.0458. The predicted octanol–water partition coefficient (Wildman–Crippen LogP) is 4.48. The van der Waals surface area contributed by atoms with E-state index in [9.17, 15) is 23.3 Å². The Balaban J connectivity index is 1.79. The van der Waals surface area contributed by atoms with E-state index in [0.29, 0.717) is 23.4 Å². The fourth-order valence-corrected chi connectivity index (χ4v) is 5.12. The number of sulfonamides is 1. The van der Waals surface area contributed by atoms with E-state index in [2.05, 4.69) is 15.1 Å². The second-order valence-electron chi connectivity index (χ2n) is 8.71. The van der Waals surface area contributed by atoms with Crippen molar-refractivity contribution in [1.29, 1.82) is 0 Å². The van der Waals surface area contributed by atoms with E-state index in [4.69, 9.17) is 9.15 Å². The van der Waals surface area contributed by atoms with Crippen LogP contribution in [0.15, 0.2) is 76.2 Å². The first-order valence-corrected chi connectivity index (χ1v) is 13.5. The number of aromatic nitrogens is 2. The van der Waals surface area contributed by atoms with Gasteiger partial charge in [-0.15, -0.1) is 0 Å². The number of nitrogens with zero attached hydrogens (tertiary/aromatic N) is 3. The maximum atomic E-state index is 13.2. The molecule has 2 aromatic carbocycles. The zero-order chi connectivity index (χ0) is 28.2. The lowest BCUT2D eigenvalue weighted by Gasteiger charge is -2.16. The number of nitro benzene ring substituents is 1. The van der Waals surface area contributed by atoms with Crippen LogP contribution in [0.3, 0.4) is 0 Å². The number of non-ortho nitro benzene ring substituents is 1. The number of nitro groups is 1. The molecule has 2 N–H and O–H groups in total. The molecule has 0 bridgehead atoms. The molecule has 4 aromatic rings. The van der Waals surface area contributed by atoms with E-state index in [-0.39, 0.29) is 23.9 Å². The second-order valence-corrected chi connectivity index (χ2v) is 10.4. The first-order valence-electron chi connectivity index (χ1n) is 12.0. The summed E-state index contributed by atoms with van der Waals surface area (Å²) in [4.78, 5) is 23.4. The highest BCUT2D eigenvalue weighted by atomic mass is 32.2. The number of carbonyl (C=O) groups is 1. The summed E-state index contributed by atoms with van der Waals surface area (Å²) in [5.41, 5.74) is 0.500. The monoisotopic (exact) mass is 553 g/mol. The second kappa shape index (κ2) is 11.5. The van der Waals surface area contributed by atoms with Crippen LogP contribution in [0.2, 0.25) is 0 Å². The third-order valence-corrected chi connectivity index (χ3v) is 7.50. The molecule has 1 amide bonds. The summed E-state index contributed by atoms with van der Waals surface area (Å²) in [5.74, 6) is -0.0507. The Hall–Kier alpha value is -4.49. The van der Waals surface area contributed by atoms with Crippen molar-refractivity contribution >= 4 is 21.6 Å². The topological polar surface area (TPSA) is 159 Å². The summed E-state index contributed by atoms with van der Waals surface area (Å²) in [6.07, 6.45) is 2.00. The van der Waals surface area contributed by atoms with E-state index < -0.39 is 37.5 Å². The summed E-state index contributed by atoms with van der Waals surface area (Å²) in [6, 6.07) is 15.1. The summed E-state index contributed by atoms with van der Waals surface area (Å²) >= 11 is 0. The van der Waals surface area contributed by atoms with Crippen LogP contribution in [0.25, 0.3) is 5.69 Å². The van der Waals surface area contributed by atoms with Crippen LogP contribution in [-0.2, 0) is 16.6 Å². The van der Waals surface area contributed by atoms with Gasteiger partial charge in [-0.1, -0.05) is 25.1 Å². The van der Waals surface area contributed by atoms with Gasteiger partial charge >= 0.3 is 0 Å². The molecular weight excluding hydrogens is 526 g/mol. The predicted molar refractivity (Wildman–Crippen MR) is 141 cm³/mol. The normalized spacial score (nSPS) is 12.2. The first-order chi connectivity index (χ1) is 18.6. The largest absolute Gasteiger partial charge is 0.467 e. The van der Waals surface area contributed by atoms with Crippen molar-refractivity contribution in [2.24, 2.45) is 0 Å². The van der Waals surface area contributed by atoms with Gasteiger partial charge in [0.1, 0.15) is 16.4 Å². The Morgan fingerprint density at radius 3 is 2.56 bits per heavy atom. The molecule has 0 saturated carbocycles. The van der Waals surface area contributed by atoms with Gasteiger partial charge in [-0.05, 0) is 50.6 Å². The molecule has 13 heteroatoms. The van der Waals surface area contributed by atoms with Gasteiger partial charge in [-0.25, -0.2) is 13.1 Å². The van der Waals surface area contributed by atoms with Gasteiger partial charge in [0, 0.05) is 23.7 Å². The molecule has 2 heterocycles. The minimum atomic E-state index is -4.21. The Labute approximate surface area is 224 Å². The van der Waals surface area contributed by atoms with Crippen molar-refractivity contribution in [1.82, 2.24) is 19.8 Å². The number of furan rings is 1. The van der Waals surface area contributed by atoms with Crippen molar-refractivity contribution in [3.8, 4) is 17.3 Å². The third kappa shape index (κ3) is 6.16. The van der Waals surface area contributed by atoms with Crippen LogP contribution >= 0.6 is 0 Å². The van der Waals surface area contributed by atoms with E-state index in [0.717, 1.165) is 12.1 Å². The Kier molecular flexibility index (Phi) is 8.12. The van der Waals surface area contributed by atoms with Crippen LogP contribution in [0, 0.1) is 17.0 Å². The van der Waals surface area contributed by atoms with Crippen LogP contribution in [0.5, 0.6) is 11.6 Å². The molecule has 0 unspecified atom stereocenters. The minimum Gasteiger partial charge on any atom is -0.467 e. The van der Waals surface area contributed by atoms with E-state index in [1.165, 1.54) is 17.0 Å². The van der Waals surface area contributed by atoms with Crippen LogP contribution in [0.1, 0.15) is 42.1 Å². The molecule has 1 atom stereocenters. The molecule has 0 fully saturated rings. The first kappa shape index (κ1) is 27.5. The molecule has 39 heavy (non-hydrogen) atoms. The fraction of sp³-hybridized carbons (Fsp3) is 0.231. The summed E-state index contributed by atoms with van der Waals surface area (Å²) in [6.45, 7) is 5.22. The highest BCUT2D eigenvalue weighted by Crippen LogP contribution is 2.35. The fourth-order valence-electron chi connectivity index (χ4n) is 3.64. The van der Waals surface area contributed by atoms with Crippen LogP contribution in [-0.4, -0.2) is 35.1 Å². The zero-order valence-corrected chi connectivity index (χ0v) is 22.3. The summed E-state index contributed by atoms with van der Waals surface area (Å²) in [5, 5.41) is 18.6. The van der Waals surface area contributed by atoms with Crippen LogP contribution < -0.4 is 14.8 Å². The Bertz CT molecular complexity index is 1580. The molecule has 0 aliphatic carbocycles. The smallest absolute Gasteiger partial charge is 0.272 e. The van der Waals surface area contributed by atoms with Gasteiger partial charge in [0.25, 0.3) is 11.6 Å². The van der Waals surface area contributed by atoms with E-state index in [1.807, 2.05) is 0 Å². The van der Waals surface area contributed by atoms with Gasteiger partial charge in [0.05, 0.1) is 23.4 Å². The van der Waals surface area contributed by atoms with E-state index >= 15 is 0 Å². The van der Waals surface area contributed by atoms with Gasteiger partial charge in [0.15, 0.2) is 5.69 Å². The molecule has 0 spiro atoms. The average molecular weight is 554 g/mol.